The zero-order valence-corrected chi connectivity index (χ0v) is 18.3. The highest BCUT2D eigenvalue weighted by molar-refractivity contribution is 6.00. The molecule has 0 spiro atoms. The second-order valence-corrected chi connectivity index (χ2v) is 8.12. The molecule has 0 amide bonds. The van der Waals surface area contributed by atoms with Gasteiger partial charge in [-0.2, -0.15) is 0 Å². The first-order valence-electron chi connectivity index (χ1n) is 10.2. The predicted molar refractivity (Wildman–Crippen MR) is 117 cm³/mol. The molecule has 1 aliphatic heterocycles. The van der Waals surface area contributed by atoms with Crippen LogP contribution in [-0.2, 0) is 16.0 Å². The van der Waals surface area contributed by atoms with E-state index in [9.17, 15) is 0 Å². The van der Waals surface area contributed by atoms with Crippen LogP contribution in [0.4, 0.5) is 0 Å². The normalized spacial score (nSPS) is 18.7. The number of morpholine rings is 1. The third-order valence-corrected chi connectivity index (χ3v) is 5.95. The molecule has 5 heteroatoms. The van der Waals surface area contributed by atoms with Crippen LogP contribution in [0, 0.1) is 0 Å². The van der Waals surface area contributed by atoms with E-state index < -0.39 is 0 Å². The minimum absolute atomic E-state index is 0.260. The summed E-state index contributed by atoms with van der Waals surface area (Å²) >= 11 is 0. The van der Waals surface area contributed by atoms with Gasteiger partial charge in [0.1, 0.15) is 6.61 Å². The lowest BCUT2D eigenvalue weighted by molar-refractivity contribution is 0.00469. The van der Waals surface area contributed by atoms with Crippen LogP contribution in [0.5, 0.6) is 0 Å². The van der Waals surface area contributed by atoms with E-state index in [4.69, 9.17) is 14.7 Å². The summed E-state index contributed by atoms with van der Waals surface area (Å²) in [7, 11) is 4.29. The molecule has 1 aliphatic rings. The van der Waals surface area contributed by atoms with Gasteiger partial charge in [-0.05, 0) is 46.3 Å². The highest BCUT2D eigenvalue weighted by Crippen LogP contribution is 2.33. The first-order chi connectivity index (χ1) is 13.4. The maximum absolute atomic E-state index is 5.70. The smallest absolute Gasteiger partial charge is 0.135 e. The van der Waals surface area contributed by atoms with Gasteiger partial charge < -0.3 is 9.57 Å². The van der Waals surface area contributed by atoms with Crippen molar-refractivity contribution in [1.29, 1.82) is 0 Å². The Hall–Kier alpha value is -1.69. The van der Waals surface area contributed by atoms with Gasteiger partial charge in [0.25, 0.3) is 0 Å². The molecule has 1 saturated heterocycles. The number of ether oxygens (including phenoxy) is 1. The van der Waals surface area contributed by atoms with Gasteiger partial charge in [0.2, 0.25) is 0 Å². The highest BCUT2D eigenvalue weighted by Gasteiger charge is 2.47. The number of rotatable bonds is 10. The van der Waals surface area contributed by atoms with Crippen molar-refractivity contribution < 1.29 is 9.57 Å². The second-order valence-electron chi connectivity index (χ2n) is 8.12. The van der Waals surface area contributed by atoms with Crippen LogP contribution >= 0.6 is 0 Å². The molecule has 156 valence electrons. The molecule has 0 bridgehead atoms. The van der Waals surface area contributed by atoms with Crippen LogP contribution in [-0.4, -0.2) is 73.6 Å². The van der Waals surface area contributed by atoms with Crippen molar-refractivity contribution in [2.75, 3.05) is 47.0 Å². The van der Waals surface area contributed by atoms with Crippen LogP contribution in [0.1, 0.15) is 32.8 Å². The number of hydrogen-bond donors (Lipinski definition) is 0. The third kappa shape index (κ3) is 5.02. The Morgan fingerprint density at radius 1 is 1.25 bits per heavy atom. The molecule has 2 rings (SSSR count). The molecular formula is C23H37N3O2. The topological polar surface area (TPSA) is 37.3 Å². The molecule has 0 N–H and O–H groups in total. The van der Waals surface area contributed by atoms with Gasteiger partial charge >= 0.3 is 0 Å². The largest absolute Gasteiger partial charge is 0.392 e. The zero-order valence-electron chi connectivity index (χ0n) is 18.3. The van der Waals surface area contributed by atoms with Crippen LogP contribution in [0.15, 0.2) is 48.1 Å². The fraction of sp³-hybridized carbons (Fsp3) is 0.609. The molecule has 0 radical (unpaired) electrons. The summed E-state index contributed by atoms with van der Waals surface area (Å²) in [6, 6.07) is 10.6. The summed E-state index contributed by atoms with van der Waals surface area (Å²) in [6.07, 6.45) is 3.55. The van der Waals surface area contributed by atoms with E-state index >= 15 is 0 Å². The van der Waals surface area contributed by atoms with Gasteiger partial charge in [0, 0.05) is 13.1 Å². The van der Waals surface area contributed by atoms with Gasteiger partial charge in [0.15, 0.2) is 0 Å². The number of likely N-dealkylation sites (N-methyl/N-ethyl adjacent to an activating group) is 1. The lowest BCUT2D eigenvalue weighted by Gasteiger charge is -2.50. The number of nitrogens with zero attached hydrogens (tertiary/aromatic N) is 3. The van der Waals surface area contributed by atoms with Crippen LogP contribution < -0.4 is 0 Å². The Morgan fingerprint density at radius 3 is 2.43 bits per heavy atom. The molecule has 1 aromatic carbocycles. The number of benzene rings is 1. The SMILES string of the molecule is C=CCO/N=C(\C(C)(C)N1CCOCC1)C(CC)(Cc1ccccc1)N(C)C. The van der Waals surface area contributed by atoms with Crippen LogP contribution in [0.25, 0.3) is 0 Å². The van der Waals surface area contributed by atoms with Crippen molar-refractivity contribution in [1.82, 2.24) is 9.80 Å². The summed E-state index contributed by atoms with van der Waals surface area (Å²) in [6.45, 7) is 14.2. The Labute approximate surface area is 171 Å². The standard InChI is InChI=1S/C23H37N3O2/c1-7-16-28-24-21(22(3,4)26-14-17-27-18-15-26)23(8-2,25(5)6)19-20-12-10-9-11-13-20/h7,9-13H,1,8,14-19H2,2-6H3/b24-21+. The Bertz CT molecular complexity index is 637. The van der Waals surface area contributed by atoms with Gasteiger partial charge in [-0.25, -0.2) is 0 Å². The lowest BCUT2D eigenvalue weighted by Crippen LogP contribution is -2.65. The van der Waals surface area contributed by atoms with E-state index in [-0.39, 0.29) is 11.1 Å². The molecule has 0 saturated carbocycles. The molecule has 1 aromatic rings. The monoisotopic (exact) mass is 387 g/mol. The maximum Gasteiger partial charge on any atom is 0.135 e. The Kier molecular flexibility index (Phi) is 8.23. The molecule has 1 atom stereocenters. The lowest BCUT2D eigenvalue weighted by atomic mass is 9.74. The summed E-state index contributed by atoms with van der Waals surface area (Å²) in [5.74, 6) is 0. The van der Waals surface area contributed by atoms with Crippen LogP contribution in [0.3, 0.4) is 0 Å². The predicted octanol–water partition coefficient (Wildman–Crippen LogP) is 3.61. The summed E-state index contributed by atoms with van der Waals surface area (Å²) in [5.41, 5.74) is 1.83. The average Bonchev–Trinajstić information content (AvgIpc) is 2.71. The van der Waals surface area contributed by atoms with Gasteiger partial charge in [0.05, 0.1) is 30.0 Å². The molecule has 0 aromatic heterocycles. The summed E-state index contributed by atoms with van der Waals surface area (Å²) < 4.78 is 5.59. The van der Waals surface area contributed by atoms with Gasteiger partial charge in [-0.3, -0.25) is 9.80 Å². The van der Waals surface area contributed by atoms with Crippen molar-refractivity contribution in [2.24, 2.45) is 5.16 Å². The minimum atomic E-state index is -0.264. The van der Waals surface area contributed by atoms with Crippen LogP contribution in [0.2, 0.25) is 0 Å². The second kappa shape index (κ2) is 10.2. The third-order valence-electron chi connectivity index (χ3n) is 5.95. The Morgan fingerprint density at radius 2 is 1.89 bits per heavy atom. The van der Waals surface area contributed by atoms with Crippen molar-refractivity contribution >= 4 is 5.71 Å². The van der Waals surface area contributed by atoms with E-state index in [1.54, 1.807) is 6.08 Å². The molecule has 0 aliphatic carbocycles. The number of hydrogen-bond acceptors (Lipinski definition) is 5. The summed E-state index contributed by atoms with van der Waals surface area (Å²) in [5, 5.41) is 4.74. The van der Waals surface area contributed by atoms with Crippen molar-refractivity contribution in [3.63, 3.8) is 0 Å². The molecule has 28 heavy (non-hydrogen) atoms. The number of oxime groups is 1. The maximum atomic E-state index is 5.70. The minimum Gasteiger partial charge on any atom is -0.392 e. The van der Waals surface area contributed by atoms with E-state index in [0.29, 0.717) is 6.61 Å². The van der Waals surface area contributed by atoms with Crippen molar-refractivity contribution in [3.05, 3.63) is 48.6 Å². The molecule has 5 nitrogen and oxygen atoms in total. The van der Waals surface area contributed by atoms with Crippen molar-refractivity contribution in [2.45, 2.75) is 44.7 Å². The quantitative estimate of drug-likeness (QED) is 0.266. The molecular weight excluding hydrogens is 350 g/mol. The fourth-order valence-electron chi connectivity index (χ4n) is 4.19. The van der Waals surface area contributed by atoms with Crippen molar-refractivity contribution in [3.8, 4) is 0 Å². The molecule has 1 fully saturated rings. The fourth-order valence-corrected chi connectivity index (χ4v) is 4.19. The van der Waals surface area contributed by atoms with E-state index in [1.807, 2.05) is 0 Å². The summed E-state index contributed by atoms with van der Waals surface area (Å²) in [4.78, 5) is 10.5. The van der Waals surface area contributed by atoms with E-state index in [0.717, 1.165) is 44.9 Å². The molecule has 1 heterocycles. The van der Waals surface area contributed by atoms with E-state index in [1.165, 1.54) is 5.56 Å². The first-order valence-corrected chi connectivity index (χ1v) is 10.2. The van der Waals surface area contributed by atoms with Gasteiger partial charge in [-0.1, -0.05) is 55.1 Å². The first kappa shape index (κ1) is 22.6. The molecule has 1 unspecified atom stereocenters. The highest BCUT2D eigenvalue weighted by atomic mass is 16.6. The van der Waals surface area contributed by atoms with E-state index in [2.05, 4.69) is 81.6 Å². The average molecular weight is 388 g/mol. The van der Waals surface area contributed by atoms with Gasteiger partial charge in [-0.15, -0.1) is 0 Å². The Balaban J connectivity index is 2.51. The zero-order chi connectivity index (χ0) is 20.6.